The zero-order chi connectivity index (χ0) is 23.3. The quantitative estimate of drug-likeness (QED) is 0.411. The summed E-state index contributed by atoms with van der Waals surface area (Å²) in [5.41, 5.74) is 1.98. The van der Waals surface area contributed by atoms with Gasteiger partial charge in [-0.15, -0.1) is 0 Å². The van der Waals surface area contributed by atoms with Crippen LogP contribution in [0.3, 0.4) is 0 Å². The molecular weight excluding hydrogens is 412 g/mol. The van der Waals surface area contributed by atoms with Crippen molar-refractivity contribution in [1.29, 1.82) is 0 Å². The lowest BCUT2D eigenvalue weighted by Crippen LogP contribution is -2.48. The first-order chi connectivity index (χ1) is 15.3. The fourth-order valence-electron chi connectivity index (χ4n) is 3.41. The number of hydrogen-bond acceptors (Lipinski definition) is 5. The van der Waals surface area contributed by atoms with E-state index in [9.17, 15) is 14.7 Å². The summed E-state index contributed by atoms with van der Waals surface area (Å²) in [4.78, 5) is 33.4. The van der Waals surface area contributed by atoms with Gasteiger partial charge in [-0.2, -0.15) is 5.10 Å². The first-order valence-electron chi connectivity index (χ1n) is 10.5. The second-order valence-electron chi connectivity index (χ2n) is 7.60. The molecule has 9 heteroatoms. The number of aliphatic carboxylic acids is 1. The number of nitrogens with one attached hydrogen (secondary N) is 3. The number of nitrogens with zero attached hydrogens (tertiary/aromatic N) is 1. The maximum atomic E-state index is 12.3. The number of rotatable bonds is 7. The van der Waals surface area contributed by atoms with Gasteiger partial charge >= 0.3 is 0 Å². The summed E-state index contributed by atoms with van der Waals surface area (Å²) in [6.07, 6.45) is 8.29. The molecule has 3 rings (SSSR count). The third-order valence-corrected chi connectivity index (χ3v) is 5.01. The van der Waals surface area contributed by atoms with Crippen molar-refractivity contribution in [3.63, 3.8) is 0 Å². The predicted octanol–water partition coefficient (Wildman–Crippen LogP) is 1.52. The van der Waals surface area contributed by atoms with Crippen molar-refractivity contribution in [2.75, 3.05) is 6.54 Å². The third kappa shape index (κ3) is 9.13. The first kappa shape index (κ1) is 24.8. The summed E-state index contributed by atoms with van der Waals surface area (Å²) in [6.45, 7) is 1.62. The summed E-state index contributed by atoms with van der Waals surface area (Å²) >= 11 is 0. The Bertz CT molecular complexity index is 879. The van der Waals surface area contributed by atoms with Crippen LogP contribution in [0.1, 0.15) is 37.3 Å². The molecule has 1 aromatic carbocycles. The highest BCUT2D eigenvalue weighted by molar-refractivity contribution is 5.92. The van der Waals surface area contributed by atoms with E-state index in [1.165, 1.54) is 6.08 Å². The van der Waals surface area contributed by atoms with Crippen molar-refractivity contribution in [2.24, 2.45) is 5.92 Å². The second kappa shape index (κ2) is 13.1. The lowest BCUT2D eigenvalue weighted by molar-refractivity contribution is -0.134. The van der Waals surface area contributed by atoms with Crippen LogP contribution >= 0.6 is 0 Å². The van der Waals surface area contributed by atoms with Crippen molar-refractivity contribution in [3.05, 3.63) is 59.9 Å². The normalized spacial score (nSPS) is 20.1. The Morgan fingerprint density at radius 1 is 1.22 bits per heavy atom. The fraction of sp³-hybridized carbons (Fsp3) is 0.391. The molecule has 0 spiro atoms. The van der Waals surface area contributed by atoms with Gasteiger partial charge in [0.1, 0.15) is 0 Å². The summed E-state index contributed by atoms with van der Waals surface area (Å²) < 4.78 is 0. The van der Waals surface area contributed by atoms with Crippen LogP contribution in [0, 0.1) is 5.92 Å². The van der Waals surface area contributed by atoms with Gasteiger partial charge in [0.2, 0.25) is 11.8 Å². The number of carbonyl (C=O) groups is 3. The molecule has 1 fully saturated rings. The minimum absolute atomic E-state index is 0.0451. The summed E-state index contributed by atoms with van der Waals surface area (Å²) in [6, 6.07) is 9.22. The maximum absolute atomic E-state index is 12.3. The molecule has 1 heterocycles. The summed E-state index contributed by atoms with van der Waals surface area (Å²) in [5, 5.41) is 30.2. The van der Waals surface area contributed by atoms with Gasteiger partial charge in [-0.1, -0.05) is 30.3 Å². The molecule has 9 nitrogen and oxygen atoms in total. The van der Waals surface area contributed by atoms with Crippen LogP contribution in [0.15, 0.2) is 48.8 Å². The molecule has 3 atom stereocenters. The van der Waals surface area contributed by atoms with Crippen LogP contribution in [0.5, 0.6) is 0 Å². The minimum Gasteiger partial charge on any atom is -0.481 e. The van der Waals surface area contributed by atoms with Crippen LogP contribution in [0.2, 0.25) is 0 Å². The number of H-pyrrole nitrogens is 1. The molecule has 0 aliphatic heterocycles. The number of carboxylic acids is 1. The topological polar surface area (TPSA) is 144 Å². The number of aliphatic hydroxyl groups is 1. The average molecular weight is 443 g/mol. The van der Waals surface area contributed by atoms with E-state index >= 15 is 0 Å². The Labute approximate surface area is 186 Å². The number of hydrogen-bond donors (Lipinski definition) is 5. The average Bonchev–Trinajstić information content (AvgIpc) is 3.27. The van der Waals surface area contributed by atoms with Crippen LogP contribution in [0.4, 0.5) is 0 Å². The van der Waals surface area contributed by atoms with E-state index in [1.54, 1.807) is 18.5 Å². The summed E-state index contributed by atoms with van der Waals surface area (Å²) in [5.74, 6) is -1.35. The van der Waals surface area contributed by atoms with E-state index in [4.69, 9.17) is 9.90 Å². The summed E-state index contributed by atoms with van der Waals surface area (Å²) in [7, 11) is 0. The molecule has 1 saturated carbocycles. The van der Waals surface area contributed by atoms with Gasteiger partial charge in [0.25, 0.3) is 5.97 Å². The minimum atomic E-state index is -0.833. The van der Waals surface area contributed by atoms with E-state index in [0.717, 1.165) is 18.1 Å². The Balaban J connectivity index is 0.000000837. The molecule has 2 amide bonds. The Morgan fingerprint density at radius 2 is 1.94 bits per heavy atom. The monoisotopic (exact) mass is 442 g/mol. The number of amides is 2. The molecule has 0 unspecified atom stereocenters. The number of carbonyl (C=O) groups excluding carboxylic acids is 2. The maximum Gasteiger partial charge on any atom is 0.300 e. The van der Waals surface area contributed by atoms with Crippen LogP contribution in [0.25, 0.3) is 6.08 Å². The molecule has 0 bridgehead atoms. The van der Waals surface area contributed by atoms with Gasteiger partial charge in [-0.3, -0.25) is 19.5 Å². The van der Waals surface area contributed by atoms with Crippen LogP contribution < -0.4 is 10.6 Å². The molecule has 0 radical (unpaired) electrons. The standard InChI is InChI=1S/C21H26N4O3.C2H4O2/c26-19-12-17(21(28)22-11-10-16-13-23-24-14-16)7-8-18(19)25-20(27)9-6-15-4-2-1-3-5-15;1-2(3)4/h1-6,9,13-14,17-19,26H,7-8,10-12H2,(H,22,28)(H,23,24)(H,25,27);1H3,(H,3,4)/b9-6+;/t17-,18+,19+;/m0./s1. The molecule has 2 aromatic rings. The lowest BCUT2D eigenvalue weighted by Gasteiger charge is -2.32. The highest BCUT2D eigenvalue weighted by Gasteiger charge is 2.33. The van der Waals surface area contributed by atoms with E-state index in [2.05, 4.69) is 20.8 Å². The number of aromatic amines is 1. The van der Waals surface area contributed by atoms with Crippen molar-refractivity contribution < 1.29 is 24.6 Å². The van der Waals surface area contributed by atoms with E-state index in [0.29, 0.717) is 32.2 Å². The predicted molar refractivity (Wildman–Crippen MR) is 119 cm³/mol. The molecule has 32 heavy (non-hydrogen) atoms. The van der Waals surface area contributed by atoms with Crippen molar-refractivity contribution in [2.45, 2.75) is 44.8 Å². The van der Waals surface area contributed by atoms with Crippen molar-refractivity contribution in [1.82, 2.24) is 20.8 Å². The van der Waals surface area contributed by atoms with E-state index in [1.807, 2.05) is 30.3 Å². The fourth-order valence-corrected chi connectivity index (χ4v) is 3.41. The van der Waals surface area contributed by atoms with Gasteiger partial charge < -0.3 is 20.8 Å². The van der Waals surface area contributed by atoms with E-state index in [-0.39, 0.29) is 23.8 Å². The molecule has 1 aliphatic rings. The highest BCUT2D eigenvalue weighted by Crippen LogP contribution is 2.25. The number of aromatic nitrogens is 2. The van der Waals surface area contributed by atoms with Gasteiger partial charge in [0.15, 0.2) is 0 Å². The molecule has 1 aliphatic carbocycles. The second-order valence-corrected chi connectivity index (χ2v) is 7.60. The number of benzene rings is 1. The molecular formula is C23H30N4O5. The SMILES string of the molecule is CC(=O)O.O=C(/C=C/c1ccccc1)N[C@@H]1CC[C@H](C(=O)NCCc2cn[nH]c2)C[C@H]1O. The van der Waals surface area contributed by atoms with Gasteiger partial charge in [0.05, 0.1) is 18.3 Å². The molecule has 1 aromatic heterocycles. The molecule has 5 N–H and O–H groups in total. The Kier molecular flexibility index (Phi) is 10.1. The van der Waals surface area contributed by atoms with Crippen molar-refractivity contribution in [3.8, 4) is 0 Å². The van der Waals surface area contributed by atoms with Gasteiger partial charge in [0, 0.05) is 31.7 Å². The Morgan fingerprint density at radius 3 is 2.56 bits per heavy atom. The zero-order valence-electron chi connectivity index (χ0n) is 18.0. The van der Waals surface area contributed by atoms with Crippen molar-refractivity contribution >= 4 is 23.9 Å². The van der Waals surface area contributed by atoms with Crippen LogP contribution in [-0.2, 0) is 20.8 Å². The van der Waals surface area contributed by atoms with E-state index < -0.39 is 12.1 Å². The largest absolute Gasteiger partial charge is 0.481 e. The van der Waals surface area contributed by atoms with Gasteiger partial charge in [-0.05, 0) is 42.9 Å². The molecule has 0 saturated heterocycles. The number of carboxylic acid groups (broad SMARTS) is 1. The zero-order valence-corrected chi connectivity index (χ0v) is 18.0. The number of aliphatic hydroxyl groups excluding tert-OH is 1. The lowest BCUT2D eigenvalue weighted by atomic mass is 9.83. The Hall–Kier alpha value is -3.46. The highest BCUT2D eigenvalue weighted by atomic mass is 16.4. The van der Waals surface area contributed by atoms with Gasteiger partial charge in [-0.25, -0.2) is 0 Å². The first-order valence-corrected chi connectivity index (χ1v) is 10.5. The third-order valence-electron chi connectivity index (χ3n) is 5.01. The molecule has 172 valence electrons. The van der Waals surface area contributed by atoms with Crippen LogP contribution in [-0.4, -0.2) is 56.9 Å². The smallest absolute Gasteiger partial charge is 0.300 e.